The van der Waals surface area contributed by atoms with Gasteiger partial charge in [-0.25, -0.2) is 4.39 Å². The van der Waals surface area contributed by atoms with E-state index in [1.165, 1.54) is 12.1 Å². The van der Waals surface area contributed by atoms with E-state index >= 15 is 0 Å². The van der Waals surface area contributed by atoms with Crippen LogP contribution in [0, 0.1) is 22.6 Å². The molecule has 1 aromatic rings. The molecule has 1 aliphatic heterocycles. The molecule has 0 unspecified atom stereocenters. The van der Waals surface area contributed by atoms with Crippen LogP contribution in [0.2, 0.25) is 0 Å². The lowest BCUT2D eigenvalue weighted by Crippen LogP contribution is -2.33. The Morgan fingerprint density at radius 2 is 2.11 bits per heavy atom. The highest BCUT2D eigenvalue weighted by Crippen LogP contribution is 2.30. The number of hydrogen-bond acceptors (Lipinski definition) is 3. The molecule has 1 N–H and O–H groups in total. The van der Waals surface area contributed by atoms with Crippen LogP contribution in [0.25, 0.3) is 0 Å². The topological polar surface area (TPSA) is 45.0 Å². The number of benzene rings is 1. The van der Waals surface area contributed by atoms with Crippen molar-refractivity contribution in [3.63, 3.8) is 0 Å². The van der Waals surface area contributed by atoms with Gasteiger partial charge in [-0.3, -0.25) is 0 Å². The molecular formula is C14H17FN2O. The van der Waals surface area contributed by atoms with Crippen molar-refractivity contribution >= 4 is 5.69 Å². The predicted molar refractivity (Wildman–Crippen MR) is 67.8 cm³/mol. The third kappa shape index (κ3) is 3.21. The smallest absolute Gasteiger partial charge is 0.126 e. The maximum atomic E-state index is 13.3. The summed E-state index contributed by atoms with van der Waals surface area (Å²) in [6.07, 6.45) is 2.00. The molecule has 1 saturated heterocycles. The summed E-state index contributed by atoms with van der Waals surface area (Å²) in [4.78, 5) is 0. The minimum absolute atomic E-state index is 0.178. The van der Waals surface area contributed by atoms with Crippen LogP contribution in [-0.2, 0) is 4.74 Å². The van der Waals surface area contributed by atoms with Crippen molar-refractivity contribution in [2.75, 3.05) is 25.1 Å². The number of nitrogens with zero attached hydrogens (tertiary/aromatic N) is 1. The molecule has 0 saturated carbocycles. The van der Waals surface area contributed by atoms with Gasteiger partial charge in [0.1, 0.15) is 5.82 Å². The fourth-order valence-corrected chi connectivity index (χ4v) is 2.11. The molecule has 4 heteroatoms. The van der Waals surface area contributed by atoms with Crippen LogP contribution in [0.5, 0.6) is 0 Å². The fraction of sp³-hybridized carbons (Fsp3) is 0.500. The van der Waals surface area contributed by atoms with Gasteiger partial charge in [-0.15, -0.1) is 0 Å². The van der Waals surface area contributed by atoms with E-state index in [0.29, 0.717) is 11.3 Å². The Labute approximate surface area is 107 Å². The maximum absolute atomic E-state index is 13.3. The summed E-state index contributed by atoms with van der Waals surface area (Å²) < 4.78 is 18.6. The van der Waals surface area contributed by atoms with Crippen LogP contribution in [-0.4, -0.2) is 19.8 Å². The Morgan fingerprint density at radius 3 is 2.78 bits per heavy atom. The number of halogens is 1. The second-order valence-electron chi connectivity index (χ2n) is 5.12. The van der Waals surface area contributed by atoms with E-state index in [0.717, 1.165) is 32.6 Å². The zero-order chi connectivity index (χ0) is 13.0. The molecule has 0 spiro atoms. The first-order chi connectivity index (χ1) is 8.61. The van der Waals surface area contributed by atoms with Crippen molar-refractivity contribution in [2.24, 2.45) is 5.41 Å². The van der Waals surface area contributed by atoms with E-state index in [1.807, 2.05) is 6.07 Å². The van der Waals surface area contributed by atoms with Gasteiger partial charge >= 0.3 is 0 Å². The first kappa shape index (κ1) is 12.8. The Morgan fingerprint density at radius 1 is 1.39 bits per heavy atom. The highest BCUT2D eigenvalue weighted by atomic mass is 19.1. The molecule has 1 aliphatic rings. The van der Waals surface area contributed by atoms with E-state index in [2.05, 4.69) is 12.2 Å². The zero-order valence-corrected chi connectivity index (χ0v) is 10.5. The van der Waals surface area contributed by atoms with Crippen molar-refractivity contribution in [3.8, 4) is 6.07 Å². The summed E-state index contributed by atoms with van der Waals surface area (Å²) >= 11 is 0. The first-order valence-electron chi connectivity index (χ1n) is 6.14. The molecule has 18 heavy (non-hydrogen) atoms. The van der Waals surface area contributed by atoms with Crippen molar-refractivity contribution in [1.82, 2.24) is 0 Å². The van der Waals surface area contributed by atoms with Crippen LogP contribution < -0.4 is 5.32 Å². The third-order valence-electron chi connectivity index (χ3n) is 3.45. The average molecular weight is 248 g/mol. The Bertz CT molecular complexity index is 461. The van der Waals surface area contributed by atoms with Gasteiger partial charge in [-0.1, -0.05) is 6.92 Å². The predicted octanol–water partition coefficient (Wildman–Crippen LogP) is 2.93. The molecule has 0 aliphatic carbocycles. The number of anilines is 1. The summed E-state index contributed by atoms with van der Waals surface area (Å²) in [5.41, 5.74) is 1.19. The average Bonchev–Trinajstić information content (AvgIpc) is 2.37. The number of ether oxygens (including phenoxy) is 1. The molecule has 0 aromatic heterocycles. The van der Waals surface area contributed by atoms with E-state index in [9.17, 15) is 4.39 Å². The molecular weight excluding hydrogens is 231 g/mol. The molecule has 0 atom stereocenters. The van der Waals surface area contributed by atoms with Crippen LogP contribution in [0.1, 0.15) is 25.3 Å². The van der Waals surface area contributed by atoms with E-state index in [4.69, 9.17) is 10.00 Å². The summed E-state index contributed by atoms with van der Waals surface area (Å²) in [7, 11) is 0. The Balaban J connectivity index is 2.01. The fourth-order valence-electron chi connectivity index (χ4n) is 2.11. The summed E-state index contributed by atoms with van der Waals surface area (Å²) in [5, 5.41) is 12.0. The second-order valence-corrected chi connectivity index (χ2v) is 5.12. The quantitative estimate of drug-likeness (QED) is 0.894. The van der Waals surface area contributed by atoms with Gasteiger partial charge < -0.3 is 10.1 Å². The first-order valence-corrected chi connectivity index (χ1v) is 6.14. The number of hydrogen-bond donors (Lipinski definition) is 1. The summed E-state index contributed by atoms with van der Waals surface area (Å²) in [6, 6.07) is 6.29. The SMILES string of the molecule is CC1(CNc2cc(F)cc(C#N)c2)CCOCC1. The minimum atomic E-state index is -0.381. The Kier molecular flexibility index (Phi) is 3.83. The van der Waals surface area contributed by atoms with Gasteiger partial charge in [0.05, 0.1) is 11.6 Å². The van der Waals surface area contributed by atoms with Crippen molar-refractivity contribution in [3.05, 3.63) is 29.6 Å². The zero-order valence-electron chi connectivity index (χ0n) is 10.5. The molecule has 1 heterocycles. The lowest BCUT2D eigenvalue weighted by molar-refractivity contribution is 0.0300. The monoisotopic (exact) mass is 248 g/mol. The van der Waals surface area contributed by atoms with Gasteiger partial charge in [-0.2, -0.15) is 5.26 Å². The molecule has 2 rings (SSSR count). The number of rotatable bonds is 3. The summed E-state index contributed by atoms with van der Waals surface area (Å²) in [5.74, 6) is -0.381. The highest BCUT2D eigenvalue weighted by Gasteiger charge is 2.26. The minimum Gasteiger partial charge on any atom is -0.384 e. The van der Waals surface area contributed by atoms with Crippen molar-refractivity contribution < 1.29 is 9.13 Å². The van der Waals surface area contributed by atoms with Crippen LogP contribution in [0.15, 0.2) is 18.2 Å². The molecule has 3 nitrogen and oxygen atoms in total. The lowest BCUT2D eigenvalue weighted by Gasteiger charge is -2.33. The second kappa shape index (κ2) is 5.36. The largest absolute Gasteiger partial charge is 0.384 e. The Hall–Kier alpha value is -1.60. The molecule has 0 bridgehead atoms. The van der Waals surface area contributed by atoms with Crippen LogP contribution in [0.4, 0.5) is 10.1 Å². The highest BCUT2D eigenvalue weighted by molar-refractivity contribution is 5.49. The van der Waals surface area contributed by atoms with E-state index in [-0.39, 0.29) is 11.2 Å². The van der Waals surface area contributed by atoms with Gasteiger partial charge in [0.2, 0.25) is 0 Å². The standard InChI is InChI=1S/C14H17FN2O/c1-14(2-4-18-5-3-14)10-17-13-7-11(9-16)6-12(15)8-13/h6-8,17H,2-5,10H2,1H3. The van der Waals surface area contributed by atoms with Gasteiger partial charge in [0.15, 0.2) is 0 Å². The number of nitrogens with one attached hydrogen (secondary N) is 1. The van der Waals surface area contributed by atoms with Crippen LogP contribution >= 0.6 is 0 Å². The molecule has 1 fully saturated rings. The lowest BCUT2D eigenvalue weighted by atomic mass is 9.82. The van der Waals surface area contributed by atoms with Gasteiger partial charge in [0.25, 0.3) is 0 Å². The van der Waals surface area contributed by atoms with Gasteiger partial charge in [-0.05, 0) is 36.5 Å². The van der Waals surface area contributed by atoms with Crippen LogP contribution in [0.3, 0.4) is 0 Å². The van der Waals surface area contributed by atoms with Crippen molar-refractivity contribution in [1.29, 1.82) is 5.26 Å². The van der Waals surface area contributed by atoms with Crippen molar-refractivity contribution in [2.45, 2.75) is 19.8 Å². The van der Waals surface area contributed by atoms with E-state index in [1.54, 1.807) is 6.07 Å². The third-order valence-corrected chi connectivity index (χ3v) is 3.45. The molecule has 0 amide bonds. The maximum Gasteiger partial charge on any atom is 0.126 e. The van der Waals surface area contributed by atoms with Gasteiger partial charge in [0, 0.05) is 25.4 Å². The summed E-state index contributed by atoms with van der Waals surface area (Å²) in [6.45, 7) is 4.53. The normalized spacial score (nSPS) is 18.1. The number of nitriles is 1. The molecule has 96 valence electrons. The molecule has 1 aromatic carbocycles. The van der Waals surface area contributed by atoms with E-state index < -0.39 is 0 Å². The molecule has 0 radical (unpaired) electrons.